The third kappa shape index (κ3) is 7.99. The van der Waals surface area contributed by atoms with Crippen molar-refractivity contribution in [2.24, 2.45) is 5.10 Å². The van der Waals surface area contributed by atoms with Crippen LogP contribution in [0.3, 0.4) is 0 Å². The van der Waals surface area contributed by atoms with Crippen LogP contribution < -0.4 is 19.2 Å². The van der Waals surface area contributed by atoms with Crippen LogP contribution in [-0.2, 0) is 24.3 Å². The molecule has 1 aliphatic heterocycles. The van der Waals surface area contributed by atoms with Crippen molar-refractivity contribution in [1.82, 2.24) is 10.3 Å². The monoisotopic (exact) mass is 614 g/mol. The van der Waals surface area contributed by atoms with Crippen molar-refractivity contribution in [3.05, 3.63) is 82.9 Å². The molecule has 0 atom stereocenters. The van der Waals surface area contributed by atoms with Gasteiger partial charge in [0, 0.05) is 18.1 Å². The number of methoxy groups -OCH3 is 1. The van der Waals surface area contributed by atoms with E-state index in [-0.39, 0.29) is 33.9 Å². The Morgan fingerprint density at radius 2 is 1.76 bits per heavy atom. The number of carbonyl (C=O) groups excluding carboxylic acids is 2. The maximum atomic E-state index is 13.6. The van der Waals surface area contributed by atoms with Crippen LogP contribution in [0.25, 0.3) is 0 Å². The number of morpholine rings is 1. The van der Waals surface area contributed by atoms with E-state index in [0.29, 0.717) is 37.6 Å². The Labute approximate surface area is 249 Å². The third-order valence-corrected chi connectivity index (χ3v) is 8.32. The molecule has 11 nitrogen and oxygen atoms in total. The van der Waals surface area contributed by atoms with E-state index in [1.807, 2.05) is 6.92 Å². The molecule has 0 spiro atoms. The number of amides is 2. The molecule has 222 valence electrons. The first-order chi connectivity index (χ1) is 20.2. The van der Waals surface area contributed by atoms with Gasteiger partial charge in [0.05, 0.1) is 37.1 Å². The Hall–Kier alpha value is -4.13. The van der Waals surface area contributed by atoms with Crippen LogP contribution in [-0.4, -0.2) is 77.9 Å². The topological polar surface area (TPSA) is 127 Å². The van der Waals surface area contributed by atoms with Gasteiger partial charge in [0.15, 0.2) is 6.61 Å². The zero-order valence-electron chi connectivity index (χ0n) is 23.2. The molecule has 0 saturated carbocycles. The second kappa shape index (κ2) is 14.2. The fraction of sp³-hybridized carbons (Fsp3) is 0.276. The second-order valence-corrected chi connectivity index (χ2v) is 11.6. The Bertz CT molecular complexity index is 1520. The molecule has 3 aromatic carbocycles. The van der Waals surface area contributed by atoms with Crippen LogP contribution in [0.5, 0.6) is 11.5 Å². The van der Waals surface area contributed by atoms with Gasteiger partial charge in [-0.25, -0.2) is 13.8 Å². The summed E-state index contributed by atoms with van der Waals surface area (Å²) in [6, 6.07) is 17.5. The van der Waals surface area contributed by atoms with E-state index in [0.717, 1.165) is 9.87 Å². The molecular weight excluding hydrogens is 584 g/mol. The minimum absolute atomic E-state index is 0.000355. The fourth-order valence-corrected chi connectivity index (χ4v) is 5.63. The van der Waals surface area contributed by atoms with Gasteiger partial charge in [0.25, 0.3) is 21.8 Å². The third-order valence-electron chi connectivity index (χ3n) is 6.31. The summed E-state index contributed by atoms with van der Waals surface area (Å²) in [6.07, 6.45) is 1.40. The predicted octanol–water partition coefficient (Wildman–Crippen LogP) is 3.24. The van der Waals surface area contributed by atoms with Gasteiger partial charge in [-0.3, -0.25) is 13.9 Å². The lowest BCUT2D eigenvalue weighted by Gasteiger charge is -2.26. The Morgan fingerprint density at radius 1 is 1.07 bits per heavy atom. The highest BCUT2D eigenvalue weighted by Crippen LogP contribution is 2.34. The molecule has 13 heteroatoms. The molecule has 2 amide bonds. The highest BCUT2D eigenvalue weighted by molar-refractivity contribution is 7.92. The SMILES string of the molecule is COc1ccc(Cl)cc1N(CC(=O)N/N=C\c1ccc(OCC(=O)N2CCOCC2)cc1)S(=O)(=O)c1ccc(C)cc1. The highest BCUT2D eigenvalue weighted by Gasteiger charge is 2.29. The number of anilines is 1. The molecule has 0 radical (unpaired) electrons. The maximum Gasteiger partial charge on any atom is 0.264 e. The van der Waals surface area contributed by atoms with Crippen molar-refractivity contribution in [2.75, 3.05) is 50.9 Å². The molecule has 1 heterocycles. The number of hydrogen-bond acceptors (Lipinski definition) is 8. The number of rotatable bonds is 11. The van der Waals surface area contributed by atoms with Crippen molar-refractivity contribution in [1.29, 1.82) is 0 Å². The largest absolute Gasteiger partial charge is 0.495 e. The second-order valence-electron chi connectivity index (χ2n) is 9.28. The van der Waals surface area contributed by atoms with Crippen molar-refractivity contribution < 1.29 is 32.2 Å². The van der Waals surface area contributed by atoms with Crippen LogP contribution in [0, 0.1) is 6.92 Å². The molecule has 3 aromatic rings. The number of carbonyl (C=O) groups is 2. The molecule has 1 aliphatic rings. The fourth-order valence-electron chi connectivity index (χ4n) is 4.04. The van der Waals surface area contributed by atoms with E-state index >= 15 is 0 Å². The number of hydrazone groups is 1. The number of benzene rings is 3. The highest BCUT2D eigenvalue weighted by atomic mass is 35.5. The van der Waals surface area contributed by atoms with Crippen molar-refractivity contribution in [3.8, 4) is 11.5 Å². The summed E-state index contributed by atoms with van der Waals surface area (Å²) >= 11 is 6.17. The summed E-state index contributed by atoms with van der Waals surface area (Å²) < 4.78 is 44.4. The number of nitrogens with one attached hydrogen (secondary N) is 1. The van der Waals surface area contributed by atoms with E-state index in [4.69, 9.17) is 25.8 Å². The molecule has 0 aliphatic carbocycles. The number of ether oxygens (including phenoxy) is 3. The van der Waals surface area contributed by atoms with Gasteiger partial charge in [0.2, 0.25) is 0 Å². The quantitative estimate of drug-likeness (QED) is 0.259. The minimum atomic E-state index is -4.18. The van der Waals surface area contributed by atoms with Crippen LogP contribution >= 0.6 is 11.6 Å². The van der Waals surface area contributed by atoms with Gasteiger partial charge in [-0.1, -0.05) is 29.3 Å². The Kier molecular flexibility index (Phi) is 10.4. The molecule has 4 rings (SSSR count). The van der Waals surface area contributed by atoms with Gasteiger partial charge in [-0.05, 0) is 67.1 Å². The average molecular weight is 615 g/mol. The Morgan fingerprint density at radius 3 is 2.43 bits per heavy atom. The molecule has 1 saturated heterocycles. The lowest BCUT2D eigenvalue weighted by Crippen LogP contribution is -2.42. The van der Waals surface area contributed by atoms with Gasteiger partial charge in [0.1, 0.15) is 18.0 Å². The van der Waals surface area contributed by atoms with E-state index in [9.17, 15) is 18.0 Å². The van der Waals surface area contributed by atoms with Crippen molar-refractivity contribution in [2.45, 2.75) is 11.8 Å². The first kappa shape index (κ1) is 30.8. The van der Waals surface area contributed by atoms with E-state index in [1.165, 1.54) is 37.6 Å². The molecule has 0 bridgehead atoms. The van der Waals surface area contributed by atoms with Gasteiger partial charge in [-0.15, -0.1) is 0 Å². The number of nitrogens with zero attached hydrogens (tertiary/aromatic N) is 3. The summed E-state index contributed by atoms with van der Waals surface area (Å²) in [5.74, 6) is -0.0726. The predicted molar refractivity (Wildman–Crippen MR) is 159 cm³/mol. The normalized spacial score (nSPS) is 13.5. The van der Waals surface area contributed by atoms with Crippen LogP contribution in [0.2, 0.25) is 5.02 Å². The van der Waals surface area contributed by atoms with Crippen molar-refractivity contribution in [3.63, 3.8) is 0 Å². The lowest BCUT2D eigenvalue weighted by atomic mass is 10.2. The summed E-state index contributed by atoms with van der Waals surface area (Å²) in [5.41, 5.74) is 4.00. The van der Waals surface area contributed by atoms with Crippen molar-refractivity contribution >= 4 is 45.3 Å². The zero-order chi connectivity index (χ0) is 30.1. The van der Waals surface area contributed by atoms with E-state index in [2.05, 4.69) is 10.5 Å². The summed E-state index contributed by atoms with van der Waals surface area (Å²) in [4.78, 5) is 26.8. The average Bonchev–Trinajstić information content (AvgIpc) is 3.00. The van der Waals surface area contributed by atoms with Gasteiger partial charge >= 0.3 is 0 Å². The number of halogens is 1. The minimum Gasteiger partial charge on any atom is -0.495 e. The summed E-state index contributed by atoms with van der Waals surface area (Å²) in [6.45, 7) is 3.31. The van der Waals surface area contributed by atoms with E-state index in [1.54, 1.807) is 47.4 Å². The molecular formula is C29H31ClN4O7S. The van der Waals surface area contributed by atoms with Gasteiger partial charge < -0.3 is 19.1 Å². The standard InChI is InChI=1S/C29H31ClN4O7S/c1-21-3-10-25(11-4-21)42(37,38)34(26-17-23(30)7-12-27(26)39-2)19-28(35)32-31-18-22-5-8-24(9-6-22)41-20-29(36)33-13-15-40-16-14-33/h3-12,17-18H,13-16,19-20H2,1-2H3,(H,32,35)/b31-18-. The van der Waals surface area contributed by atoms with Crippen LogP contribution in [0.15, 0.2) is 76.7 Å². The molecule has 42 heavy (non-hydrogen) atoms. The summed E-state index contributed by atoms with van der Waals surface area (Å²) in [7, 11) is -2.79. The first-order valence-corrected chi connectivity index (χ1v) is 14.8. The number of aryl methyl sites for hydroxylation is 1. The molecule has 0 aromatic heterocycles. The lowest BCUT2D eigenvalue weighted by molar-refractivity contribution is -0.137. The van der Waals surface area contributed by atoms with Crippen LogP contribution in [0.4, 0.5) is 5.69 Å². The first-order valence-electron chi connectivity index (χ1n) is 13.0. The number of sulfonamides is 1. The smallest absolute Gasteiger partial charge is 0.264 e. The maximum absolute atomic E-state index is 13.6. The molecule has 1 N–H and O–H groups in total. The van der Waals surface area contributed by atoms with Crippen LogP contribution in [0.1, 0.15) is 11.1 Å². The van der Waals surface area contributed by atoms with E-state index < -0.39 is 22.5 Å². The molecule has 1 fully saturated rings. The number of hydrogen-bond donors (Lipinski definition) is 1. The Balaban J connectivity index is 1.42. The summed E-state index contributed by atoms with van der Waals surface area (Å²) in [5, 5.41) is 4.23. The zero-order valence-corrected chi connectivity index (χ0v) is 24.7. The van der Waals surface area contributed by atoms with Gasteiger partial charge in [-0.2, -0.15) is 5.10 Å². The molecule has 0 unspecified atom stereocenters.